The van der Waals surface area contributed by atoms with Gasteiger partial charge in [0.05, 0.1) is 6.54 Å². The number of carbonyl (C=O) groups excluding carboxylic acids is 1. The van der Waals surface area contributed by atoms with Crippen molar-refractivity contribution in [2.75, 3.05) is 13.7 Å². The number of hydrogen-bond acceptors (Lipinski definition) is 5. The number of aryl methyl sites for hydroxylation is 1. The second kappa shape index (κ2) is 9.00. The molecule has 0 radical (unpaired) electrons. The minimum absolute atomic E-state index is 0.0613. The van der Waals surface area contributed by atoms with Crippen molar-refractivity contribution in [2.24, 2.45) is 0 Å². The van der Waals surface area contributed by atoms with Crippen LogP contribution in [0.5, 0.6) is 5.75 Å². The van der Waals surface area contributed by atoms with Gasteiger partial charge in [-0.25, -0.2) is 0 Å². The summed E-state index contributed by atoms with van der Waals surface area (Å²) in [5.74, 6) is 1.32. The lowest BCUT2D eigenvalue weighted by atomic mass is 9.87. The lowest BCUT2D eigenvalue weighted by molar-refractivity contribution is -0.132. The van der Waals surface area contributed by atoms with Crippen LogP contribution in [0.4, 0.5) is 0 Å². The van der Waals surface area contributed by atoms with Crippen LogP contribution in [0.3, 0.4) is 0 Å². The molecule has 3 aromatic rings. The van der Waals surface area contributed by atoms with Crippen LogP contribution in [0.15, 0.2) is 51.4 Å². The molecule has 0 saturated heterocycles. The van der Waals surface area contributed by atoms with Crippen LogP contribution in [-0.2, 0) is 16.8 Å². The summed E-state index contributed by atoms with van der Waals surface area (Å²) in [4.78, 5) is 13.9. The van der Waals surface area contributed by atoms with Gasteiger partial charge in [0.15, 0.2) is 6.61 Å². The van der Waals surface area contributed by atoms with Crippen LogP contribution in [0, 0.1) is 6.92 Å². The maximum absolute atomic E-state index is 12.4. The number of likely N-dealkylation sites (N-methyl/N-ethyl adjacent to an activating group) is 1. The molecule has 0 atom stereocenters. The van der Waals surface area contributed by atoms with Crippen molar-refractivity contribution in [2.45, 2.75) is 39.7 Å². The zero-order chi connectivity index (χ0) is 21.9. The Morgan fingerprint density at radius 2 is 1.83 bits per heavy atom. The predicted octanol–water partition coefficient (Wildman–Crippen LogP) is 5.14. The molecule has 0 aliphatic rings. The maximum atomic E-state index is 12.4. The third-order valence-electron chi connectivity index (χ3n) is 4.75. The van der Waals surface area contributed by atoms with Gasteiger partial charge in [-0.05, 0) is 53.8 Å². The van der Waals surface area contributed by atoms with Crippen molar-refractivity contribution in [1.29, 1.82) is 0 Å². The number of nitrogens with zero attached hydrogens (tertiary/aromatic N) is 3. The number of hydrogen-bond donors (Lipinski definition) is 0. The fourth-order valence-electron chi connectivity index (χ4n) is 2.86. The Bertz CT molecular complexity index is 1020. The molecule has 0 fully saturated rings. The first kappa shape index (κ1) is 22.0. The average Bonchev–Trinajstić information content (AvgIpc) is 3.15. The van der Waals surface area contributed by atoms with Gasteiger partial charge in [0.25, 0.3) is 5.91 Å². The van der Waals surface area contributed by atoms with Crippen molar-refractivity contribution in [3.63, 3.8) is 0 Å². The fraction of sp³-hybridized carbons (Fsp3) is 0.348. The predicted molar refractivity (Wildman–Crippen MR) is 119 cm³/mol. The van der Waals surface area contributed by atoms with E-state index < -0.39 is 0 Å². The molecule has 0 saturated carbocycles. The summed E-state index contributed by atoms with van der Waals surface area (Å²) < 4.78 is 12.4. The molecule has 0 unspecified atom stereocenters. The van der Waals surface area contributed by atoms with Gasteiger partial charge in [-0.1, -0.05) is 48.8 Å². The summed E-state index contributed by atoms with van der Waals surface area (Å²) >= 11 is 3.41. The molecule has 1 aromatic heterocycles. The van der Waals surface area contributed by atoms with Crippen molar-refractivity contribution in [3.05, 3.63) is 64.0 Å². The summed E-state index contributed by atoms with van der Waals surface area (Å²) in [5, 5.41) is 8.19. The number of ether oxygens (including phenoxy) is 1. The maximum Gasteiger partial charge on any atom is 0.260 e. The van der Waals surface area contributed by atoms with Gasteiger partial charge < -0.3 is 14.1 Å². The van der Waals surface area contributed by atoms with Gasteiger partial charge in [0.2, 0.25) is 11.8 Å². The molecule has 1 heterocycles. The third-order valence-corrected chi connectivity index (χ3v) is 5.24. The molecule has 3 rings (SSSR count). The van der Waals surface area contributed by atoms with E-state index in [1.807, 2.05) is 37.3 Å². The van der Waals surface area contributed by atoms with Crippen molar-refractivity contribution in [3.8, 4) is 17.2 Å². The molecule has 7 heteroatoms. The first-order valence-corrected chi connectivity index (χ1v) is 10.5. The average molecular weight is 472 g/mol. The lowest BCUT2D eigenvalue weighted by Crippen LogP contribution is -2.31. The Kier molecular flexibility index (Phi) is 6.61. The monoisotopic (exact) mass is 471 g/mol. The molecule has 1 amide bonds. The summed E-state index contributed by atoms with van der Waals surface area (Å²) in [7, 11) is 1.68. The van der Waals surface area contributed by atoms with E-state index in [2.05, 4.69) is 59.0 Å². The van der Waals surface area contributed by atoms with Crippen LogP contribution < -0.4 is 4.74 Å². The number of amides is 1. The smallest absolute Gasteiger partial charge is 0.260 e. The Morgan fingerprint density at radius 3 is 2.47 bits per heavy atom. The highest BCUT2D eigenvalue weighted by molar-refractivity contribution is 9.10. The SMILES string of the molecule is Cc1cc(Br)ccc1OCC(=O)N(C)Cc1nnc(-c2ccc(C(C)(C)C)cc2)o1. The lowest BCUT2D eigenvalue weighted by Gasteiger charge is -2.18. The van der Waals surface area contributed by atoms with Crippen molar-refractivity contribution >= 4 is 21.8 Å². The third kappa shape index (κ3) is 5.48. The Hall–Kier alpha value is -2.67. The molecular weight excluding hydrogens is 446 g/mol. The second-order valence-corrected chi connectivity index (χ2v) is 9.19. The minimum Gasteiger partial charge on any atom is -0.483 e. The van der Waals surface area contributed by atoms with E-state index in [4.69, 9.17) is 9.15 Å². The number of rotatable bonds is 6. The van der Waals surface area contributed by atoms with Gasteiger partial charge in [0.1, 0.15) is 5.75 Å². The van der Waals surface area contributed by atoms with Gasteiger partial charge in [0, 0.05) is 17.1 Å². The zero-order valence-electron chi connectivity index (χ0n) is 17.9. The van der Waals surface area contributed by atoms with Gasteiger partial charge in [-0.3, -0.25) is 4.79 Å². The number of carbonyl (C=O) groups is 1. The number of aromatic nitrogens is 2. The standard InChI is InChI=1S/C23H26BrN3O3/c1-15-12-18(24)10-11-19(15)29-14-21(28)27(5)13-20-25-26-22(30-20)16-6-8-17(9-7-16)23(2,3)4/h6-12H,13-14H2,1-5H3. The van der Waals surface area contributed by atoms with Crippen LogP contribution >= 0.6 is 15.9 Å². The van der Waals surface area contributed by atoms with E-state index in [9.17, 15) is 4.79 Å². The Morgan fingerprint density at radius 1 is 1.13 bits per heavy atom. The summed E-state index contributed by atoms with van der Waals surface area (Å²) in [6, 6.07) is 13.7. The summed E-state index contributed by atoms with van der Waals surface area (Å²) in [6.45, 7) is 8.59. The first-order valence-electron chi connectivity index (χ1n) is 9.69. The molecule has 6 nitrogen and oxygen atoms in total. The van der Waals surface area contributed by atoms with Crippen LogP contribution in [0.1, 0.15) is 37.8 Å². The quantitative estimate of drug-likeness (QED) is 0.497. The van der Waals surface area contributed by atoms with E-state index in [-0.39, 0.29) is 24.5 Å². The van der Waals surface area contributed by atoms with E-state index in [0.717, 1.165) is 15.6 Å². The molecule has 158 valence electrons. The van der Waals surface area contributed by atoms with Crippen LogP contribution in [-0.4, -0.2) is 34.7 Å². The molecule has 0 N–H and O–H groups in total. The number of halogens is 1. The molecule has 0 spiro atoms. The van der Waals surface area contributed by atoms with Gasteiger partial charge in [-0.15, -0.1) is 10.2 Å². The summed E-state index contributed by atoms with van der Waals surface area (Å²) in [6.07, 6.45) is 0. The molecule has 0 aliphatic heterocycles. The molecular formula is C23H26BrN3O3. The van der Waals surface area contributed by atoms with Crippen molar-refractivity contribution in [1.82, 2.24) is 15.1 Å². The van der Waals surface area contributed by atoms with E-state index in [0.29, 0.717) is 17.5 Å². The number of benzene rings is 2. The molecule has 30 heavy (non-hydrogen) atoms. The Labute approximate surface area is 185 Å². The normalized spacial score (nSPS) is 11.4. The zero-order valence-corrected chi connectivity index (χ0v) is 19.5. The fourth-order valence-corrected chi connectivity index (χ4v) is 3.34. The summed E-state index contributed by atoms with van der Waals surface area (Å²) in [5.41, 5.74) is 3.12. The highest BCUT2D eigenvalue weighted by Gasteiger charge is 2.17. The highest BCUT2D eigenvalue weighted by atomic mass is 79.9. The Balaban J connectivity index is 1.58. The van der Waals surface area contributed by atoms with Crippen LogP contribution in [0.2, 0.25) is 0 Å². The van der Waals surface area contributed by atoms with Gasteiger partial charge in [-0.2, -0.15) is 0 Å². The largest absolute Gasteiger partial charge is 0.483 e. The van der Waals surface area contributed by atoms with Crippen LogP contribution in [0.25, 0.3) is 11.5 Å². The minimum atomic E-state index is -0.174. The molecule has 0 bridgehead atoms. The van der Waals surface area contributed by atoms with E-state index in [1.165, 1.54) is 10.5 Å². The van der Waals surface area contributed by atoms with Gasteiger partial charge >= 0.3 is 0 Å². The van der Waals surface area contributed by atoms with E-state index >= 15 is 0 Å². The van der Waals surface area contributed by atoms with E-state index in [1.54, 1.807) is 7.05 Å². The highest BCUT2D eigenvalue weighted by Crippen LogP contribution is 2.26. The van der Waals surface area contributed by atoms with Crippen molar-refractivity contribution < 1.29 is 13.9 Å². The first-order chi connectivity index (χ1) is 14.1. The molecule has 2 aromatic carbocycles. The second-order valence-electron chi connectivity index (χ2n) is 8.28. The molecule has 0 aliphatic carbocycles. The topological polar surface area (TPSA) is 68.5 Å².